The van der Waals surface area contributed by atoms with Gasteiger partial charge in [0, 0.05) is 12.4 Å². The van der Waals surface area contributed by atoms with Gasteiger partial charge in [0.2, 0.25) is 5.96 Å². The van der Waals surface area contributed by atoms with Gasteiger partial charge in [0.25, 0.3) is 0 Å². The summed E-state index contributed by atoms with van der Waals surface area (Å²) in [4.78, 5) is 30.6. The van der Waals surface area contributed by atoms with Gasteiger partial charge >= 0.3 is 6.09 Å². The van der Waals surface area contributed by atoms with Gasteiger partial charge in [0.15, 0.2) is 0 Å². The number of guanidine groups is 1. The van der Waals surface area contributed by atoms with Crippen molar-refractivity contribution in [2.75, 3.05) is 31.6 Å². The van der Waals surface area contributed by atoms with Crippen LogP contribution in [0.25, 0.3) is 11.0 Å². The number of ether oxygens (including phenoxy) is 1. The van der Waals surface area contributed by atoms with Crippen LogP contribution in [0.3, 0.4) is 0 Å². The van der Waals surface area contributed by atoms with Gasteiger partial charge in [-0.25, -0.2) is 14.5 Å². The summed E-state index contributed by atoms with van der Waals surface area (Å²) in [6, 6.07) is 3.61. The first-order chi connectivity index (χ1) is 12.6. The maximum Gasteiger partial charge on any atom is 0.416 e. The molecule has 2 aromatic rings. The van der Waals surface area contributed by atoms with E-state index in [1.807, 2.05) is 0 Å². The molecular weight excluding hydrogens is 412 g/mol. The van der Waals surface area contributed by atoms with E-state index < -0.39 is 11.5 Å². The van der Waals surface area contributed by atoms with E-state index in [2.05, 4.69) is 41.0 Å². The van der Waals surface area contributed by atoms with Crippen LogP contribution in [0.2, 0.25) is 0 Å². The number of anilines is 1. The topological polar surface area (TPSA) is 133 Å². The van der Waals surface area contributed by atoms with Crippen molar-refractivity contribution in [1.29, 1.82) is 0 Å². The Hall–Kier alpha value is -2.38. The predicted octanol–water partition coefficient (Wildman–Crippen LogP) is 1.62. The van der Waals surface area contributed by atoms with Crippen LogP contribution >= 0.6 is 15.9 Å². The summed E-state index contributed by atoms with van der Waals surface area (Å²) in [5.74, 6) is 0.339. The van der Waals surface area contributed by atoms with Gasteiger partial charge in [-0.05, 0) is 28.1 Å². The minimum absolute atomic E-state index is 0.157. The lowest BCUT2D eigenvalue weighted by molar-refractivity contribution is -0.493. The fourth-order valence-corrected chi connectivity index (χ4v) is 2.81. The minimum Gasteiger partial charge on any atom is -0.447 e. The summed E-state index contributed by atoms with van der Waals surface area (Å²) < 4.78 is 5.70. The van der Waals surface area contributed by atoms with E-state index in [0.29, 0.717) is 34.7 Å². The van der Waals surface area contributed by atoms with Gasteiger partial charge in [-0.1, -0.05) is 0 Å². The number of fused-ring (bicyclic) bond motifs is 1. The second-order valence-electron chi connectivity index (χ2n) is 5.03. The molecule has 138 valence electrons. The smallest absolute Gasteiger partial charge is 0.416 e. The zero-order chi connectivity index (χ0) is 18.5. The van der Waals surface area contributed by atoms with E-state index in [9.17, 15) is 4.79 Å². The number of hydrogen-bond donors (Lipinski definition) is 3. The number of halogens is 1. The predicted molar refractivity (Wildman–Crippen MR) is 92.6 cm³/mol. The third-order valence-corrected chi connectivity index (χ3v) is 4.20. The van der Waals surface area contributed by atoms with Gasteiger partial charge in [-0.15, -0.1) is 0 Å². The number of hydrogen-bond acceptors (Lipinski definition) is 10. The van der Waals surface area contributed by atoms with Crippen LogP contribution in [0.4, 0.5) is 10.5 Å². The van der Waals surface area contributed by atoms with E-state index in [-0.39, 0.29) is 13.2 Å². The van der Waals surface area contributed by atoms with Crippen LogP contribution in [-0.2, 0) is 9.57 Å². The second-order valence-corrected chi connectivity index (χ2v) is 5.83. The first-order valence-corrected chi connectivity index (χ1v) is 8.31. The van der Waals surface area contributed by atoms with Gasteiger partial charge in [0.05, 0.1) is 34.2 Å². The molecule has 0 aliphatic carbocycles. The average molecular weight is 427 g/mol. The molecule has 0 saturated carbocycles. The normalized spacial score (nSPS) is 14.0. The molecule has 1 aliphatic rings. The molecule has 0 atom stereocenters. The van der Waals surface area contributed by atoms with Crippen LogP contribution in [0.5, 0.6) is 0 Å². The molecule has 3 N–H and O–H groups in total. The van der Waals surface area contributed by atoms with Gasteiger partial charge in [-0.2, -0.15) is 0 Å². The van der Waals surface area contributed by atoms with E-state index in [1.54, 1.807) is 24.5 Å². The van der Waals surface area contributed by atoms with Crippen molar-refractivity contribution in [2.45, 2.75) is 0 Å². The zero-order valence-electron chi connectivity index (χ0n) is 13.4. The van der Waals surface area contributed by atoms with Crippen molar-refractivity contribution in [3.05, 3.63) is 29.0 Å². The number of carbonyl (C=O) groups excluding carboxylic acids is 1. The van der Waals surface area contributed by atoms with Crippen molar-refractivity contribution in [3.63, 3.8) is 0 Å². The Bertz CT molecular complexity index is 833. The van der Waals surface area contributed by atoms with Gasteiger partial charge in [-0.3, -0.25) is 25.4 Å². The number of nitrogens with one attached hydrogen (secondary N) is 1. The molecule has 1 aliphatic heterocycles. The van der Waals surface area contributed by atoms with Crippen LogP contribution in [0.1, 0.15) is 0 Å². The average Bonchev–Trinajstić information content (AvgIpc) is 3.09. The van der Waals surface area contributed by atoms with Crippen molar-refractivity contribution in [3.8, 4) is 0 Å². The van der Waals surface area contributed by atoms with E-state index in [0.717, 1.165) is 5.52 Å². The number of carbonyl (C=O) groups is 1. The zero-order valence-corrected chi connectivity index (χ0v) is 15.0. The largest absolute Gasteiger partial charge is 0.447 e. The lowest BCUT2D eigenvalue weighted by atomic mass is 10.2. The Balaban J connectivity index is 1.65. The maximum atomic E-state index is 12.1. The minimum atomic E-state index is -0.628. The summed E-state index contributed by atoms with van der Waals surface area (Å²) >= 11 is 3.49. The molecule has 1 aromatic heterocycles. The standard InChI is InChI=1S/C14H15BrN6O5/c15-11-9(1-2-10-12(11)17-4-3-16-10)19-13-18-5-6-20(13)14(22)25-7-8-26-21(23)24/h1-4,23-24H,5-8H2,(H,18,19). The number of nitrogens with zero attached hydrogens (tertiary/aromatic N) is 5. The first kappa shape index (κ1) is 18.4. The highest BCUT2D eigenvalue weighted by atomic mass is 79.9. The van der Waals surface area contributed by atoms with Crippen LogP contribution in [0.15, 0.2) is 34.0 Å². The summed E-state index contributed by atoms with van der Waals surface area (Å²) in [5, 5.41) is 19.5. The molecule has 1 aromatic carbocycles. The molecule has 0 unspecified atom stereocenters. The van der Waals surface area contributed by atoms with Crippen LogP contribution in [-0.4, -0.2) is 69.0 Å². The summed E-state index contributed by atoms with van der Waals surface area (Å²) in [6.07, 6.45) is 2.57. The third kappa shape index (κ3) is 4.23. The lowest BCUT2D eigenvalue weighted by Crippen LogP contribution is -2.39. The fourth-order valence-electron chi connectivity index (χ4n) is 2.28. The number of rotatable bonds is 5. The molecule has 0 spiro atoms. The SMILES string of the molecule is O=C(OCCON(O)O)N1CCN=C1Nc1ccc2nccnc2c1Br. The number of amides is 1. The van der Waals surface area contributed by atoms with Crippen molar-refractivity contribution >= 4 is 44.7 Å². The Labute approximate surface area is 155 Å². The van der Waals surface area contributed by atoms with Crippen molar-refractivity contribution < 1.29 is 24.8 Å². The highest BCUT2D eigenvalue weighted by Gasteiger charge is 2.26. The quantitative estimate of drug-likeness (QED) is 0.481. The lowest BCUT2D eigenvalue weighted by Gasteiger charge is -2.19. The number of aliphatic imine (C=N–C) groups is 1. The molecule has 26 heavy (non-hydrogen) atoms. The number of benzene rings is 1. The molecule has 2 heterocycles. The molecule has 0 radical (unpaired) electrons. The molecule has 1 amide bonds. The second kappa shape index (κ2) is 8.33. The summed E-state index contributed by atoms with van der Waals surface area (Å²) in [7, 11) is 0. The Morgan fingerprint density at radius 1 is 1.31 bits per heavy atom. The molecule has 0 saturated heterocycles. The van der Waals surface area contributed by atoms with Gasteiger partial charge in [0.1, 0.15) is 18.7 Å². The Morgan fingerprint density at radius 3 is 2.92 bits per heavy atom. The van der Waals surface area contributed by atoms with Crippen molar-refractivity contribution in [2.24, 2.45) is 4.99 Å². The maximum absolute atomic E-state index is 12.1. The highest BCUT2D eigenvalue weighted by molar-refractivity contribution is 9.10. The Kier molecular flexibility index (Phi) is 5.90. The first-order valence-electron chi connectivity index (χ1n) is 7.52. The molecular formula is C14H15BrN6O5. The van der Waals surface area contributed by atoms with E-state index >= 15 is 0 Å². The molecule has 0 fully saturated rings. The van der Waals surface area contributed by atoms with Crippen LogP contribution in [0, 0.1) is 0 Å². The monoisotopic (exact) mass is 426 g/mol. The fraction of sp³-hybridized carbons (Fsp3) is 0.286. The molecule has 11 nitrogen and oxygen atoms in total. The third-order valence-electron chi connectivity index (χ3n) is 3.40. The number of aromatic nitrogens is 2. The van der Waals surface area contributed by atoms with Crippen LogP contribution < -0.4 is 5.32 Å². The summed E-state index contributed by atoms with van der Waals surface area (Å²) in [6.45, 7) is 0.427. The molecule has 12 heteroatoms. The van der Waals surface area contributed by atoms with Gasteiger partial charge < -0.3 is 10.1 Å². The van der Waals surface area contributed by atoms with Crippen molar-refractivity contribution in [1.82, 2.24) is 20.3 Å². The Morgan fingerprint density at radius 2 is 2.12 bits per heavy atom. The molecule has 0 bridgehead atoms. The molecule has 3 rings (SSSR count). The van der Waals surface area contributed by atoms with E-state index in [1.165, 1.54) is 4.90 Å². The summed E-state index contributed by atoms with van der Waals surface area (Å²) in [5.41, 5.74) is 2.09. The van der Waals surface area contributed by atoms with E-state index in [4.69, 9.17) is 15.2 Å². The highest BCUT2D eigenvalue weighted by Crippen LogP contribution is 2.29.